The van der Waals surface area contributed by atoms with E-state index in [1.54, 1.807) is 0 Å². The summed E-state index contributed by atoms with van der Waals surface area (Å²) in [6.45, 7) is 10.9. The van der Waals surface area contributed by atoms with Crippen LogP contribution in [0.3, 0.4) is 0 Å². The van der Waals surface area contributed by atoms with Gasteiger partial charge in [-0.15, -0.1) is 12.6 Å². The molecule has 0 saturated carbocycles. The van der Waals surface area contributed by atoms with E-state index in [4.69, 9.17) is 0 Å². The van der Waals surface area contributed by atoms with Gasteiger partial charge in [-0.25, -0.2) is 0 Å². The fraction of sp³-hybridized carbons (Fsp3) is 0.423. The lowest BCUT2D eigenvalue weighted by Crippen LogP contribution is -2.14. The minimum absolute atomic E-state index is 0.272. The van der Waals surface area contributed by atoms with Crippen LogP contribution in [0.4, 0.5) is 0 Å². The molecular weight excluding hydrogens is 372 g/mol. The Morgan fingerprint density at radius 1 is 1.10 bits per heavy atom. The number of aryl methyl sites for hydroxylation is 3. The van der Waals surface area contributed by atoms with E-state index in [9.17, 15) is 0 Å². The minimum atomic E-state index is 0.272. The number of hydrogen-bond acceptors (Lipinski definition) is 3. The monoisotopic (exact) mass is 406 g/mol. The van der Waals surface area contributed by atoms with E-state index in [1.165, 1.54) is 53.5 Å². The number of nitrogens with zero attached hydrogens (tertiary/aromatic N) is 1. The van der Waals surface area contributed by atoms with Gasteiger partial charge in [0, 0.05) is 16.5 Å². The first kappa shape index (κ1) is 21.7. The van der Waals surface area contributed by atoms with Gasteiger partial charge in [0.15, 0.2) is 0 Å². The van der Waals surface area contributed by atoms with Gasteiger partial charge in [-0.2, -0.15) is 5.10 Å². The van der Waals surface area contributed by atoms with Crippen molar-refractivity contribution in [3.05, 3.63) is 76.0 Å². The average Bonchev–Trinajstić information content (AvgIpc) is 2.73. The van der Waals surface area contributed by atoms with E-state index >= 15 is 0 Å². The summed E-state index contributed by atoms with van der Waals surface area (Å²) in [7, 11) is 0. The van der Waals surface area contributed by atoms with Crippen molar-refractivity contribution in [1.82, 2.24) is 5.43 Å². The second kappa shape index (κ2) is 10.2. The van der Waals surface area contributed by atoms with Crippen LogP contribution in [0.2, 0.25) is 0 Å². The van der Waals surface area contributed by atoms with Crippen molar-refractivity contribution in [2.24, 2.45) is 5.10 Å². The predicted molar refractivity (Wildman–Crippen MR) is 128 cm³/mol. The first-order valence-corrected chi connectivity index (χ1v) is 11.5. The first-order valence-electron chi connectivity index (χ1n) is 11.0. The van der Waals surface area contributed by atoms with Gasteiger partial charge in [0.05, 0.1) is 6.21 Å². The average molecular weight is 407 g/mol. The lowest BCUT2D eigenvalue weighted by atomic mass is 9.86. The zero-order valence-electron chi connectivity index (χ0n) is 18.1. The van der Waals surface area contributed by atoms with Gasteiger partial charge >= 0.3 is 0 Å². The standard InChI is InChI=1S/C26H34N2S/c1-5-20-14-19(15-26(29)25(20)7-3)17-27-28-18(4)24(6-2)23-13-12-21-10-8-9-11-22(21)16-23/h12-17,24,28-29H,4-11H2,1-3H3/b27-17+. The van der Waals surface area contributed by atoms with Gasteiger partial charge in [0.2, 0.25) is 0 Å². The van der Waals surface area contributed by atoms with Crippen molar-refractivity contribution in [2.45, 2.75) is 76.5 Å². The van der Waals surface area contributed by atoms with Crippen LogP contribution >= 0.6 is 12.6 Å². The van der Waals surface area contributed by atoms with Gasteiger partial charge in [-0.3, -0.25) is 5.43 Å². The van der Waals surface area contributed by atoms with Gasteiger partial charge < -0.3 is 0 Å². The van der Waals surface area contributed by atoms with Crippen LogP contribution in [-0.4, -0.2) is 6.21 Å². The van der Waals surface area contributed by atoms with Gasteiger partial charge in [-0.1, -0.05) is 45.5 Å². The Bertz CT molecular complexity index is 898. The molecule has 2 aromatic carbocycles. The number of hydrogen-bond donors (Lipinski definition) is 2. The predicted octanol–water partition coefficient (Wildman–Crippen LogP) is 6.61. The minimum Gasteiger partial charge on any atom is -0.283 e. The Morgan fingerprint density at radius 2 is 1.86 bits per heavy atom. The second-order valence-corrected chi connectivity index (χ2v) is 8.46. The highest BCUT2D eigenvalue weighted by atomic mass is 32.1. The Morgan fingerprint density at radius 3 is 2.55 bits per heavy atom. The molecule has 1 atom stereocenters. The lowest BCUT2D eigenvalue weighted by Gasteiger charge is -2.22. The maximum Gasteiger partial charge on any atom is 0.0545 e. The molecule has 0 aromatic heterocycles. The third kappa shape index (κ3) is 5.14. The number of benzene rings is 2. The molecule has 0 spiro atoms. The molecule has 0 bridgehead atoms. The van der Waals surface area contributed by atoms with Crippen LogP contribution in [0.1, 0.15) is 79.3 Å². The van der Waals surface area contributed by atoms with Gasteiger partial charge in [0.25, 0.3) is 0 Å². The molecule has 1 unspecified atom stereocenters. The molecule has 2 nitrogen and oxygen atoms in total. The maximum absolute atomic E-state index is 4.67. The van der Waals surface area contributed by atoms with Crippen molar-refractivity contribution in [3.63, 3.8) is 0 Å². The molecule has 2 aromatic rings. The third-order valence-electron chi connectivity index (χ3n) is 6.10. The molecule has 0 saturated heterocycles. The van der Waals surface area contributed by atoms with Crippen LogP contribution in [0.5, 0.6) is 0 Å². The summed E-state index contributed by atoms with van der Waals surface area (Å²) in [5.41, 5.74) is 12.3. The molecule has 0 radical (unpaired) electrons. The highest BCUT2D eigenvalue weighted by molar-refractivity contribution is 7.80. The van der Waals surface area contributed by atoms with Crippen molar-refractivity contribution >= 4 is 18.8 Å². The summed E-state index contributed by atoms with van der Waals surface area (Å²) in [6, 6.07) is 11.3. The molecule has 0 heterocycles. The summed E-state index contributed by atoms with van der Waals surface area (Å²) < 4.78 is 0. The molecule has 3 heteroatoms. The molecular formula is C26H34N2S. The zero-order chi connectivity index (χ0) is 20.8. The number of thiol groups is 1. The van der Waals surface area contributed by atoms with Crippen LogP contribution in [-0.2, 0) is 25.7 Å². The molecule has 0 aliphatic heterocycles. The van der Waals surface area contributed by atoms with Crippen molar-refractivity contribution < 1.29 is 0 Å². The van der Waals surface area contributed by atoms with Crippen LogP contribution in [0.25, 0.3) is 0 Å². The molecule has 29 heavy (non-hydrogen) atoms. The summed E-state index contributed by atoms with van der Waals surface area (Å²) >= 11 is 4.67. The summed E-state index contributed by atoms with van der Waals surface area (Å²) in [6.07, 6.45) is 9.95. The summed E-state index contributed by atoms with van der Waals surface area (Å²) in [5, 5.41) is 4.49. The smallest absolute Gasteiger partial charge is 0.0545 e. The topological polar surface area (TPSA) is 24.4 Å². The Balaban J connectivity index is 1.71. The van der Waals surface area contributed by atoms with Gasteiger partial charge in [0.1, 0.15) is 0 Å². The molecule has 1 N–H and O–H groups in total. The van der Waals surface area contributed by atoms with E-state index in [0.717, 1.165) is 35.4 Å². The maximum atomic E-state index is 4.67. The Hall–Kier alpha value is -2.00. The van der Waals surface area contributed by atoms with Crippen molar-refractivity contribution in [3.8, 4) is 0 Å². The molecule has 1 aliphatic rings. The summed E-state index contributed by atoms with van der Waals surface area (Å²) in [5.74, 6) is 0.272. The number of hydrazone groups is 1. The molecule has 1 aliphatic carbocycles. The van der Waals surface area contributed by atoms with Crippen LogP contribution in [0.15, 0.2) is 52.6 Å². The van der Waals surface area contributed by atoms with E-state index in [-0.39, 0.29) is 5.92 Å². The fourth-order valence-corrected chi connectivity index (χ4v) is 4.91. The molecule has 3 rings (SSSR count). The quantitative estimate of drug-likeness (QED) is 0.288. The summed E-state index contributed by atoms with van der Waals surface area (Å²) in [4.78, 5) is 1.05. The largest absolute Gasteiger partial charge is 0.283 e. The number of nitrogens with one attached hydrogen (secondary N) is 1. The third-order valence-corrected chi connectivity index (χ3v) is 6.50. The zero-order valence-corrected chi connectivity index (χ0v) is 19.0. The first-order chi connectivity index (χ1) is 14.1. The molecule has 154 valence electrons. The fourth-order valence-electron chi connectivity index (χ4n) is 4.46. The normalized spacial score (nSPS) is 14.6. The number of allylic oxidation sites excluding steroid dienone is 1. The Labute approximate surface area is 181 Å². The highest BCUT2D eigenvalue weighted by Gasteiger charge is 2.16. The van der Waals surface area contributed by atoms with E-state index < -0.39 is 0 Å². The number of fused-ring (bicyclic) bond motifs is 1. The van der Waals surface area contributed by atoms with Crippen molar-refractivity contribution in [2.75, 3.05) is 0 Å². The van der Waals surface area contributed by atoms with Gasteiger partial charge in [-0.05, 0) is 90.5 Å². The second-order valence-electron chi connectivity index (χ2n) is 7.98. The van der Waals surface area contributed by atoms with E-state index in [0.29, 0.717) is 0 Å². The SMILES string of the molecule is C=C(N/N=C/c1cc(S)c(CC)c(CC)c1)C(CC)c1ccc2c(c1)CCCC2. The lowest BCUT2D eigenvalue weighted by molar-refractivity contribution is 0.667. The van der Waals surface area contributed by atoms with Crippen LogP contribution < -0.4 is 5.43 Å². The Kier molecular flexibility index (Phi) is 7.60. The van der Waals surface area contributed by atoms with E-state index in [1.807, 2.05) is 6.21 Å². The highest BCUT2D eigenvalue weighted by Crippen LogP contribution is 2.30. The molecule has 0 amide bonds. The van der Waals surface area contributed by atoms with Crippen LogP contribution in [0, 0.1) is 0 Å². The molecule has 0 fully saturated rings. The van der Waals surface area contributed by atoms with Crippen molar-refractivity contribution in [1.29, 1.82) is 0 Å². The number of rotatable bonds is 8. The van der Waals surface area contributed by atoms with E-state index in [2.05, 4.69) is 80.8 Å².